The smallest absolute Gasteiger partial charge is 0.226 e. The Balaban J connectivity index is 1.71. The second kappa shape index (κ2) is 9.03. The van der Waals surface area contributed by atoms with Gasteiger partial charge in [-0.1, -0.05) is 36.4 Å². The maximum atomic E-state index is 11.9. The molecule has 0 aliphatic rings. The van der Waals surface area contributed by atoms with Crippen LogP contribution in [0.2, 0.25) is 0 Å². The zero-order valence-corrected chi connectivity index (χ0v) is 14.8. The molecule has 0 fully saturated rings. The van der Waals surface area contributed by atoms with Crippen molar-refractivity contribution in [2.24, 2.45) is 0 Å². The molecule has 0 atom stereocenters. The van der Waals surface area contributed by atoms with E-state index in [2.05, 4.69) is 10.6 Å². The number of rotatable bonds is 6. The second-order valence-corrected chi connectivity index (χ2v) is 5.94. The summed E-state index contributed by atoms with van der Waals surface area (Å²) in [5.41, 5.74) is 3.11. The number of carbonyl (C=O) groups excluding carboxylic acids is 1. The first kappa shape index (κ1) is 17.9. The lowest BCUT2D eigenvalue weighted by atomic mass is 10.1. The van der Waals surface area contributed by atoms with Gasteiger partial charge in [0.25, 0.3) is 0 Å². The molecule has 2 aromatic rings. The second-order valence-electron chi connectivity index (χ2n) is 5.53. The van der Waals surface area contributed by atoms with Crippen LogP contribution < -0.4 is 15.4 Å². The van der Waals surface area contributed by atoms with Gasteiger partial charge in [0.2, 0.25) is 5.91 Å². The van der Waals surface area contributed by atoms with E-state index in [1.54, 1.807) is 0 Å². The van der Waals surface area contributed by atoms with Gasteiger partial charge in [0.05, 0.1) is 6.61 Å². The summed E-state index contributed by atoms with van der Waals surface area (Å²) in [5, 5.41) is 6.12. The van der Waals surface area contributed by atoms with Crippen LogP contribution in [-0.2, 0) is 4.79 Å². The zero-order valence-electron chi connectivity index (χ0n) is 14.0. The van der Waals surface area contributed by atoms with Crippen molar-refractivity contribution >= 4 is 28.9 Å². The summed E-state index contributed by atoms with van der Waals surface area (Å²) in [6.45, 7) is 4.50. The Kier molecular flexibility index (Phi) is 6.75. The van der Waals surface area contributed by atoms with Crippen LogP contribution in [0.25, 0.3) is 0 Å². The number of hydrogen-bond acceptors (Lipinski definition) is 3. The van der Waals surface area contributed by atoms with Crippen LogP contribution >= 0.6 is 12.2 Å². The normalized spacial score (nSPS) is 10.1. The van der Waals surface area contributed by atoms with Crippen LogP contribution in [0.4, 0.5) is 5.69 Å². The third-order valence-corrected chi connectivity index (χ3v) is 3.74. The summed E-state index contributed by atoms with van der Waals surface area (Å²) in [4.78, 5) is 11.9. The molecule has 0 radical (unpaired) electrons. The van der Waals surface area contributed by atoms with E-state index in [1.165, 1.54) is 0 Å². The highest BCUT2D eigenvalue weighted by Gasteiger charge is 2.08. The van der Waals surface area contributed by atoms with E-state index in [0.29, 0.717) is 24.6 Å². The predicted molar refractivity (Wildman–Crippen MR) is 101 cm³/mol. The fourth-order valence-corrected chi connectivity index (χ4v) is 2.50. The van der Waals surface area contributed by atoms with Gasteiger partial charge in [-0.05, 0) is 55.7 Å². The Hall–Kier alpha value is -2.40. The highest BCUT2D eigenvalue weighted by atomic mass is 32.1. The molecule has 2 rings (SSSR count). The number of para-hydroxylation sites is 2. The Labute approximate surface area is 148 Å². The minimum atomic E-state index is -0.115. The van der Waals surface area contributed by atoms with E-state index in [0.717, 1.165) is 22.6 Å². The summed E-state index contributed by atoms with van der Waals surface area (Å²) >= 11 is 5.21. The fourth-order valence-electron chi connectivity index (χ4n) is 2.29. The number of anilines is 1. The molecule has 4 nitrogen and oxygen atoms in total. The van der Waals surface area contributed by atoms with Gasteiger partial charge in [-0.25, -0.2) is 0 Å². The Morgan fingerprint density at radius 3 is 2.38 bits per heavy atom. The highest BCUT2D eigenvalue weighted by molar-refractivity contribution is 7.80. The van der Waals surface area contributed by atoms with Crippen molar-refractivity contribution in [1.82, 2.24) is 5.32 Å². The molecule has 0 aliphatic carbocycles. The minimum absolute atomic E-state index is 0.115. The first-order chi connectivity index (χ1) is 11.6. The highest BCUT2D eigenvalue weighted by Crippen LogP contribution is 2.19. The lowest BCUT2D eigenvalue weighted by molar-refractivity contribution is -0.119. The van der Waals surface area contributed by atoms with Gasteiger partial charge in [0.1, 0.15) is 5.75 Å². The van der Waals surface area contributed by atoms with Gasteiger partial charge in [0.15, 0.2) is 5.11 Å². The quantitative estimate of drug-likeness (QED) is 0.616. The van der Waals surface area contributed by atoms with E-state index in [-0.39, 0.29) is 5.91 Å². The van der Waals surface area contributed by atoms with Crippen LogP contribution in [0.3, 0.4) is 0 Å². The number of ether oxygens (including phenoxy) is 1. The molecule has 2 aromatic carbocycles. The molecular formula is C19H22N2O2S. The number of aryl methyl sites for hydroxylation is 2. The maximum Gasteiger partial charge on any atom is 0.226 e. The summed E-state index contributed by atoms with van der Waals surface area (Å²) in [5.74, 6) is 0.695. The molecule has 0 unspecified atom stereocenters. The zero-order chi connectivity index (χ0) is 17.4. The molecule has 0 bridgehead atoms. The largest absolute Gasteiger partial charge is 0.494 e. The first-order valence-corrected chi connectivity index (χ1v) is 8.32. The van der Waals surface area contributed by atoms with E-state index < -0.39 is 0 Å². The third-order valence-electron chi connectivity index (χ3n) is 3.53. The van der Waals surface area contributed by atoms with Gasteiger partial charge in [-0.15, -0.1) is 0 Å². The van der Waals surface area contributed by atoms with Crippen molar-refractivity contribution in [1.29, 1.82) is 0 Å². The van der Waals surface area contributed by atoms with Crippen LogP contribution in [0, 0.1) is 13.8 Å². The number of nitrogens with one attached hydrogen (secondary N) is 2. The standard InChI is InChI=1S/C19H22N2O2S/c1-14-8-6-9-15(2)18(14)21-19(24)20-17(22)12-7-13-23-16-10-4-3-5-11-16/h3-6,8-11H,7,12-13H2,1-2H3,(H2,20,21,22,24). The Morgan fingerprint density at radius 1 is 1.04 bits per heavy atom. The molecule has 24 heavy (non-hydrogen) atoms. The van der Waals surface area contributed by atoms with Crippen molar-refractivity contribution in [3.05, 3.63) is 59.7 Å². The lowest BCUT2D eigenvalue weighted by Crippen LogP contribution is -2.34. The summed E-state index contributed by atoms with van der Waals surface area (Å²) in [7, 11) is 0. The first-order valence-electron chi connectivity index (χ1n) is 7.91. The number of carbonyl (C=O) groups is 1. The van der Waals surface area contributed by atoms with Crippen molar-refractivity contribution in [3.63, 3.8) is 0 Å². The van der Waals surface area contributed by atoms with E-state index in [1.807, 2.05) is 62.4 Å². The van der Waals surface area contributed by atoms with Gasteiger partial charge < -0.3 is 15.4 Å². The maximum absolute atomic E-state index is 11.9. The SMILES string of the molecule is Cc1cccc(C)c1NC(=S)NC(=O)CCCOc1ccccc1. The number of hydrogen-bond donors (Lipinski definition) is 2. The Bertz CT molecular complexity index is 682. The predicted octanol–water partition coefficient (Wildman–Crippen LogP) is 3.98. The summed E-state index contributed by atoms with van der Waals surface area (Å²) < 4.78 is 5.56. The summed E-state index contributed by atoms with van der Waals surface area (Å²) in [6, 6.07) is 15.5. The van der Waals surface area contributed by atoms with Crippen molar-refractivity contribution in [2.75, 3.05) is 11.9 Å². The average Bonchev–Trinajstić information content (AvgIpc) is 2.56. The average molecular weight is 342 g/mol. The van der Waals surface area contributed by atoms with Crippen LogP contribution in [0.5, 0.6) is 5.75 Å². The molecule has 1 amide bonds. The molecule has 0 saturated carbocycles. The summed E-state index contributed by atoms with van der Waals surface area (Å²) in [6.07, 6.45) is 0.994. The molecule has 0 saturated heterocycles. The molecule has 2 N–H and O–H groups in total. The van der Waals surface area contributed by atoms with Crippen LogP contribution in [0.15, 0.2) is 48.5 Å². The number of benzene rings is 2. The fraction of sp³-hybridized carbons (Fsp3) is 0.263. The van der Waals surface area contributed by atoms with Gasteiger partial charge in [0, 0.05) is 12.1 Å². The van der Waals surface area contributed by atoms with Crippen LogP contribution in [-0.4, -0.2) is 17.6 Å². The van der Waals surface area contributed by atoms with Gasteiger partial charge >= 0.3 is 0 Å². The number of amides is 1. The molecule has 5 heteroatoms. The van der Waals surface area contributed by atoms with Crippen molar-refractivity contribution in [3.8, 4) is 5.75 Å². The van der Waals surface area contributed by atoms with Crippen molar-refractivity contribution in [2.45, 2.75) is 26.7 Å². The molecular weight excluding hydrogens is 320 g/mol. The molecule has 0 aromatic heterocycles. The van der Waals surface area contributed by atoms with Gasteiger partial charge in [-0.3, -0.25) is 4.79 Å². The monoisotopic (exact) mass is 342 g/mol. The minimum Gasteiger partial charge on any atom is -0.494 e. The number of thiocarbonyl (C=S) groups is 1. The van der Waals surface area contributed by atoms with Crippen molar-refractivity contribution < 1.29 is 9.53 Å². The topological polar surface area (TPSA) is 50.4 Å². The third kappa shape index (κ3) is 5.66. The lowest BCUT2D eigenvalue weighted by Gasteiger charge is -2.14. The molecule has 0 heterocycles. The van der Waals surface area contributed by atoms with E-state index in [9.17, 15) is 4.79 Å². The van der Waals surface area contributed by atoms with E-state index >= 15 is 0 Å². The molecule has 0 aliphatic heterocycles. The molecule has 0 spiro atoms. The molecule has 126 valence electrons. The Morgan fingerprint density at radius 2 is 1.71 bits per heavy atom. The van der Waals surface area contributed by atoms with Crippen LogP contribution in [0.1, 0.15) is 24.0 Å². The van der Waals surface area contributed by atoms with E-state index in [4.69, 9.17) is 17.0 Å². The van der Waals surface area contributed by atoms with Gasteiger partial charge in [-0.2, -0.15) is 0 Å².